The average Bonchev–Trinajstić information content (AvgIpc) is 3.59. The SMILES string of the molecule is c1ccc2c(c1)-c1ccccc1C21c2ccccc2-c2ccc(-n3c4ccccc4c4ccccc43)cc21. The van der Waals surface area contributed by atoms with Gasteiger partial charge in [0.25, 0.3) is 0 Å². The Morgan fingerprint density at radius 3 is 1.32 bits per heavy atom. The Morgan fingerprint density at radius 1 is 0.368 bits per heavy atom. The number of hydrogen-bond donors (Lipinski definition) is 0. The zero-order valence-electron chi connectivity index (χ0n) is 20.7. The van der Waals surface area contributed by atoms with Gasteiger partial charge in [0.15, 0.2) is 0 Å². The molecule has 1 nitrogen and oxygen atoms in total. The van der Waals surface area contributed by atoms with Crippen LogP contribution in [-0.4, -0.2) is 4.57 Å². The second-order valence-corrected chi connectivity index (χ2v) is 10.5. The van der Waals surface area contributed by atoms with Gasteiger partial charge in [0.1, 0.15) is 0 Å². The lowest BCUT2D eigenvalue weighted by Crippen LogP contribution is -2.26. The largest absolute Gasteiger partial charge is 0.309 e. The van der Waals surface area contributed by atoms with E-state index in [0.717, 1.165) is 0 Å². The molecule has 1 heteroatoms. The van der Waals surface area contributed by atoms with Gasteiger partial charge in [0, 0.05) is 16.5 Å². The van der Waals surface area contributed by atoms with Crippen LogP contribution in [0.15, 0.2) is 140 Å². The van der Waals surface area contributed by atoms with Crippen LogP contribution in [0, 0.1) is 0 Å². The van der Waals surface area contributed by atoms with Gasteiger partial charge in [-0.15, -0.1) is 0 Å². The lowest BCUT2D eigenvalue weighted by molar-refractivity contribution is 0.792. The zero-order valence-corrected chi connectivity index (χ0v) is 20.7. The fourth-order valence-corrected chi connectivity index (χ4v) is 7.42. The molecule has 7 aromatic rings. The van der Waals surface area contributed by atoms with Crippen molar-refractivity contribution in [3.8, 4) is 27.9 Å². The molecule has 38 heavy (non-hydrogen) atoms. The Morgan fingerprint density at radius 2 is 0.789 bits per heavy atom. The highest BCUT2D eigenvalue weighted by Gasteiger charge is 2.51. The first kappa shape index (κ1) is 20.2. The van der Waals surface area contributed by atoms with Crippen molar-refractivity contribution >= 4 is 21.8 Å². The third kappa shape index (κ3) is 2.29. The first-order valence-corrected chi connectivity index (χ1v) is 13.3. The molecule has 0 N–H and O–H groups in total. The fourth-order valence-electron chi connectivity index (χ4n) is 7.42. The molecule has 176 valence electrons. The standard InChI is InChI=1S/C37H23N/c1-6-16-31-25(11-1)26-12-2-7-17-32(26)37(31)33-18-8-3-13-27(33)28-22-21-24(23-34(28)37)38-35-19-9-4-14-29(35)30-15-5-10-20-36(30)38/h1-23H. The zero-order chi connectivity index (χ0) is 24.8. The molecule has 0 aliphatic heterocycles. The molecular formula is C37H23N. The highest BCUT2D eigenvalue weighted by molar-refractivity contribution is 6.09. The molecule has 0 radical (unpaired) electrons. The summed E-state index contributed by atoms with van der Waals surface area (Å²) in [5, 5.41) is 2.58. The first-order chi connectivity index (χ1) is 18.9. The van der Waals surface area contributed by atoms with Crippen molar-refractivity contribution in [2.24, 2.45) is 0 Å². The maximum Gasteiger partial charge on any atom is 0.0726 e. The van der Waals surface area contributed by atoms with Gasteiger partial charge >= 0.3 is 0 Å². The minimum Gasteiger partial charge on any atom is -0.309 e. The Kier molecular flexibility index (Phi) is 3.78. The van der Waals surface area contributed by atoms with E-state index in [4.69, 9.17) is 0 Å². The van der Waals surface area contributed by atoms with Crippen LogP contribution in [0.4, 0.5) is 0 Å². The lowest BCUT2D eigenvalue weighted by Gasteiger charge is -2.30. The number of aromatic nitrogens is 1. The maximum absolute atomic E-state index is 2.47. The van der Waals surface area contributed by atoms with Crippen molar-refractivity contribution in [2.75, 3.05) is 0 Å². The molecule has 6 aromatic carbocycles. The van der Waals surface area contributed by atoms with Crippen LogP contribution >= 0.6 is 0 Å². The van der Waals surface area contributed by atoms with Gasteiger partial charge in [-0.1, -0.05) is 115 Å². The number of fused-ring (bicyclic) bond motifs is 13. The van der Waals surface area contributed by atoms with Gasteiger partial charge in [-0.25, -0.2) is 0 Å². The summed E-state index contributed by atoms with van der Waals surface area (Å²) in [6.07, 6.45) is 0. The van der Waals surface area contributed by atoms with E-state index in [1.54, 1.807) is 0 Å². The Hall–Kier alpha value is -4.88. The van der Waals surface area contributed by atoms with Crippen LogP contribution in [0.3, 0.4) is 0 Å². The van der Waals surface area contributed by atoms with Crippen LogP contribution in [0.5, 0.6) is 0 Å². The second kappa shape index (κ2) is 7.12. The number of hydrogen-bond acceptors (Lipinski definition) is 0. The Balaban J connectivity index is 1.43. The molecular weight excluding hydrogens is 458 g/mol. The third-order valence-electron chi connectivity index (χ3n) is 8.82. The number of benzene rings is 6. The molecule has 1 aromatic heterocycles. The van der Waals surface area contributed by atoms with Crippen LogP contribution < -0.4 is 0 Å². The average molecular weight is 482 g/mol. The summed E-state index contributed by atoms with van der Waals surface area (Å²) in [5.41, 5.74) is 14.2. The van der Waals surface area contributed by atoms with Crippen molar-refractivity contribution in [3.05, 3.63) is 162 Å². The van der Waals surface area contributed by atoms with Crippen LogP contribution in [0.2, 0.25) is 0 Å². The van der Waals surface area contributed by atoms with Gasteiger partial charge in [-0.05, 0) is 68.8 Å². The van der Waals surface area contributed by atoms with E-state index in [9.17, 15) is 0 Å². The normalized spacial score (nSPS) is 14.0. The quantitative estimate of drug-likeness (QED) is 0.220. The predicted octanol–water partition coefficient (Wildman–Crippen LogP) is 9.13. The van der Waals surface area contributed by atoms with E-state index in [-0.39, 0.29) is 5.41 Å². The van der Waals surface area contributed by atoms with Crippen molar-refractivity contribution in [2.45, 2.75) is 5.41 Å². The molecule has 1 heterocycles. The molecule has 9 rings (SSSR count). The summed E-state index contributed by atoms with van der Waals surface area (Å²) in [6, 6.07) is 51.7. The maximum atomic E-state index is 2.47. The molecule has 0 unspecified atom stereocenters. The molecule has 0 atom stereocenters. The first-order valence-electron chi connectivity index (χ1n) is 13.3. The lowest BCUT2D eigenvalue weighted by atomic mass is 9.70. The number of nitrogens with zero attached hydrogens (tertiary/aromatic N) is 1. The summed E-state index contributed by atoms with van der Waals surface area (Å²) in [4.78, 5) is 0. The van der Waals surface area contributed by atoms with E-state index in [2.05, 4.69) is 144 Å². The summed E-state index contributed by atoms with van der Waals surface area (Å²) >= 11 is 0. The fraction of sp³-hybridized carbons (Fsp3) is 0.0270. The molecule has 0 amide bonds. The van der Waals surface area contributed by atoms with E-state index in [1.807, 2.05) is 0 Å². The molecule has 0 saturated heterocycles. The van der Waals surface area contributed by atoms with Crippen molar-refractivity contribution < 1.29 is 0 Å². The Bertz CT molecular complexity index is 1970. The smallest absolute Gasteiger partial charge is 0.0726 e. The summed E-state index contributed by atoms with van der Waals surface area (Å²) < 4.78 is 2.44. The van der Waals surface area contributed by atoms with E-state index in [0.29, 0.717) is 0 Å². The van der Waals surface area contributed by atoms with Gasteiger partial charge in [-0.3, -0.25) is 0 Å². The van der Waals surface area contributed by atoms with Gasteiger partial charge in [-0.2, -0.15) is 0 Å². The van der Waals surface area contributed by atoms with E-state index < -0.39 is 0 Å². The van der Waals surface area contributed by atoms with Gasteiger partial charge in [0.05, 0.1) is 16.4 Å². The molecule has 0 fully saturated rings. The topological polar surface area (TPSA) is 4.93 Å². The van der Waals surface area contributed by atoms with Crippen molar-refractivity contribution in [3.63, 3.8) is 0 Å². The summed E-state index contributed by atoms with van der Waals surface area (Å²) in [6.45, 7) is 0. The van der Waals surface area contributed by atoms with Gasteiger partial charge in [0.2, 0.25) is 0 Å². The van der Waals surface area contributed by atoms with Crippen molar-refractivity contribution in [1.29, 1.82) is 0 Å². The number of rotatable bonds is 1. The molecule has 2 aliphatic carbocycles. The van der Waals surface area contributed by atoms with Gasteiger partial charge < -0.3 is 4.57 Å². The molecule has 1 spiro atoms. The van der Waals surface area contributed by atoms with Crippen LogP contribution in [-0.2, 0) is 5.41 Å². The molecule has 0 bridgehead atoms. The highest BCUT2D eigenvalue weighted by Crippen LogP contribution is 2.62. The monoisotopic (exact) mass is 481 g/mol. The minimum atomic E-state index is -0.326. The van der Waals surface area contributed by atoms with Crippen LogP contribution in [0.25, 0.3) is 49.7 Å². The Labute approximate surface area is 221 Å². The highest BCUT2D eigenvalue weighted by atomic mass is 15.0. The van der Waals surface area contributed by atoms with E-state index >= 15 is 0 Å². The minimum absolute atomic E-state index is 0.326. The van der Waals surface area contributed by atoms with Crippen LogP contribution in [0.1, 0.15) is 22.3 Å². The predicted molar refractivity (Wildman–Crippen MR) is 157 cm³/mol. The van der Waals surface area contributed by atoms with Crippen molar-refractivity contribution in [1.82, 2.24) is 4.57 Å². The second-order valence-electron chi connectivity index (χ2n) is 10.5. The summed E-state index contributed by atoms with van der Waals surface area (Å²) in [7, 11) is 0. The van der Waals surface area contributed by atoms with E-state index in [1.165, 1.54) is 72.0 Å². The molecule has 0 saturated carbocycles. The third-order valence-corrected chi connectivity index (χ3v) is 8.82. The molecule has 2 aliphatic rings. The number of para-hydroxylation sites is 2. The summed E-state index contributed by atoms with van der Waals surface area (Å²) in [5.74, 6) is 0.